The first-order valence-electron chi connectivity index (χ1n) is 5.02. The van der Waals surface area contributed by atoms with Gasteiger partial charge in [-0.1, -0.05) is 0 Å². The lowest BCUT2D eigenvalue weighted by molar-refractivity contribution is 0.0912. The van der Waals surface area contributed by atoms with Crippen molar-refractivity contribution in [1.82, 2.24) is 0 Å². The van der Waals surface area contributed by atoms with Crippen LogP contribution in [0.3, 0.4) is 0 Å². The minimum atomic E-state index is -3.36. The van der Waals surface area contributed by atoms with E-state index in [-0.39, 0.29) is 23.4 Å². The highest BCUT2D eigenvalue weighted by Crippen LogP contribution is 2.11. The lowest BCUT2D eigenvalue weighted by atomic mass is 10.4. The summed E-state index contributed by atoms with van der Waals surface area (Å²) in [7, 11) is -3.36. The molecule has 0 heterocycles. The molecule has 0 N–H and O–H groups in total. The average Bonchev–Trinajstić information content (AvgIpc) is 2.17. The van der Waals surface area contributed by atoms with Crippen LogP contribution in [0.2, 0.25) is 0 Å². The number of hydrogen-bond donors (Lipinski definition) is 0. The monoisotopic (exact) mass is 246 g/mol. The minimum absolute atomic E-state index is 0.00316. The highest BCUT2D eigenvalue weighted by Gasteiger charge is 2.14. The maximum absolute atomic E-state index is 12.6. The van der Waals surface area contributed by atoms with Gasteiger partial charge in [-0.2, -0.15) is 0 Å². The molecule has 1 rings (SSSR count). The quantitative estimate of drug-likeness (QED) is 0.747. The molecule has 5 heteroatoms. The SMILES string of the molecule is CC(C)OCCS(=O)(=O)c1ccc(F)cc1. The Morgan fingerprint density at radius 1 is 1.25 bits per heavy atom. The standard InChI is InChI=1S/C11H15FO3S/c1-9(2)15-7-8-16(13,14)11-5-3-10(12)4-6-11/h3-6,9H,7-8H2,1-2H3. The highest BCUT2D eigenvalue weighted by atomic mass is 32.2. The van der Waals surface area contributed by atoms with Gasteiger partial charge in [0.2, 0.25) is 0 Å². The molecule has 0 saturated heterocycles. The Bertz CT molecular complexity index is 423. The first-order valence-corrected chi connectivity index (χ1v) is 6.67. The number of hydrogen-bond acceptors (Lipinski definition) is 3. The van der Waals surface area contributed by atoms with E-state index in [2.05, 4.69) is 0 Å². The van der Waals surface area contributed by atoms with Crippen molar-refractivity contribution >= 4 is 9.84 Å². The molecule has 0 fully saturated rings. The molecule has 0 spiro atoms. The fourth-order valence-electron chi connectivity index (χ4n) is 1.15. The van der Waals surface area contributed by atoms with E-state index in [0.717, 1.165) is 12.1 Å². The van der Waals surface area contributed by atoms with E-state index in [1.54, 1.807) is 0 Å². The number of benzene rings is 1. The predicted octanol–water partition coefficient (Wildman–Crippen LogP) is 2.02. The molecule has 0 saturated carbocycles. The second-order valence-corrected chi connectivity index (χ2v) is 5.80. The summed E-state index contributed by atoms with van der Waals surface area (Å²) in [6.45, 7) is 3.83. The molecule has 3 nitrogen and oxygen atoms in total. The largest absolute Gasteiger partial charge is 0.378 e. The van der Waals surface area contributed by atoms with Crippen molar-refractivity contribution in [2.24, 2.45) is 0 Å². The lowest BCUT2D eigenvalue weighted by Crippen LogP contribution is -2.15. The summed E-state index contributed by atoms with van der Waals surface area (Å²) >= 11 is 0. The van der Waals surface area contributed by atoms with Gasteiger partial charge in [0.05, 0.1) is 23.4 Å². The molecular formula is C11H15FO3S. The maximum atomic E-state index is 12.6. The molecule has 16 heavy (non-hydrogen) atoms. The van der Waals surface area contributed by atoms with Crippen molar-refractivity contribution < 1.29 is 17.5 Å². The molecule has 0 aliphatic rings. The van der Waals surface area contributed by atoms with E-state index in [4.69, 9.17) is 4.74 Å². The summed E-state index contributed by atoms with van der Waals surface area (Å²) in [6, 6.07) is 4.80. The van der Waals surface area contributed by atoms with Crippen molar-refractivity contribution in [2.75, 3.05) is 12.4 Å². The van der Waals surface area contributed by atoms with Gasteiger partial charge in [0.15, 0.2) is 9.84 Å². The van der Waals surface area contributed by atoms with Gasteiger partial charge in [-0.3, -0.25) is 0 Å². The molecule has 0 amide bonds. The Balaban J connectivity index is 2.67. The zero-order valence-corrected chi connectivity index (χ0v) is 10.1. The van der Waals surface area contributed by atoms with Gasteiger partial charge < -0.3 is 4.74 Å². The number of halogens is 1. The van der Waals surface area contributed by atoms with E-state index in [0.29, 0.717) is 0 Å². The van der Waals surface area contributed by atoms with Gasteiger partial charge >= 0.3 is 0 Å². The van der Waals surface area contributed by atoms with Gasteiger partial charge in [0.1, 0.15) is 5.82 Å². The van der Waals surface area contributed by atoms with Crippen molar-refractivity contribution in [2.45, 2.75) is 24.8 Å². The van der Waals surface area contributed by atoms with Gasteiger partial charge in [0, 0.05) is 0 Å². The third-order valence-electron chi connectivity index (χ3n) is 1.98. The first-order chi connectivity index (χ1) is 7.42. The van der Waals surface area contributed by atoms with E-state index < -0.39 is 15.7 Å². The second-order valence-electron chi connectivity index (χ2n) is 3.69. The predicted molar refractivity (Wildman–Crippen MR) is 59.5 cm³/mol. The van der Waals surface area contributed by atoms with Crippen molar-refractivity contribution in [3.63, 3.8) is 0 Å². The molecule has 0 aliphatic heterocycles. The van der Waals surface area contributed by atoms with Crippen LogP contribution in [-0.4, -0.2) is 26.9 Å². The second kappa shape index (κ2) is 5.41. The molecule has 1 aromatic carbocycles. The van der Waals surface area contributed by atoms with Crippen molar-refractivity contribution in [3.05, 3.63) is 30.1 Å². The normalized spacial score (nSPS) is 12.0. The number of ether oxygens (including phenoxy) is 1. The van der Waals surface area contributed by atoms with E-state index in [1.165, 1.54) is 12.1 Å². The summed E-state index contributed by atoms with van der Waals surface area (Å²) in [4.78, 5) is 0.126. The Morgan fingerprint density at radius 3 is 2.31 bits per heavy atom. The molecule has 1 aromatic rings. The molecule has 0 radical (unpaired) electrons. The summed E-state index contributed by atoms with van der Waals surface area (Å²) in [5, 5.41) is 0. The van der Waals surface area contributed by atoms with Crippen LogP contribution in [0, 0.1) is 5.82 Å². The van der Waals surface area contributed by atoms with Gasteiger partial charge in [-0.05, 0) is 38.1 Å². The Hall–Kier alpha value is -0.940. The molecule has 90 valence electrons. The van der Waals surface area contributed by atoms with Crippen LogP contribution in [0.1, 0.15) is 13.8 Å². The third-order valence-corrected chi connectivity index (χ3v) is 3.67. The number of sulfone groups is 1. The fourth-order valence-corrected chi connectivity index (χ4v) is 2.26. The molecule has 0 unspecified atom stereocenters. The molecular weight excluding hydrogens is 231 g/mol. The molecule has 0 aliphatic carbocycles. The summed E-state index contributed by atoms with van der Waals surface area (Å²) in [6.07, 6.45) is 0.00316. The summed E-state index contributed by atoms with van der Waals surface area (Å²) in [5.41, 5.74) is 0. The van der Waals surface area contributed by atoms with Gasteiger partial charge in [0.25, 0.3) is 0 Å². The van der Waals surface area contributed by atoms with E-state index >= 15 is 0 Å². The van der Waals surface area contributed by atoms with Crippen LogP contribution in [-0.2, 0) is 14.6 Å². The van der Waals surface area contributed by atoms with E-state index in [9.17, 15) is 12.8 Å². The highest BCUT2D eigenvalue weighted by molar-refractivity contribution is 7.91. The lowest BCUT2D eigenvalue weighted by Gasteiger charge is -2.08. The topological polar surface area (TPSA) is 43.4 Å². The molecule has 0 atom stereocenters. The van der Waals surface area contributed by atoms with E-state index in [1.807, 2.05) is 13.8 Å². The Labute approximate surface area is 95.2 Å². The summed E-state index contributed by atoms with van der Waals surface area (Å²) < 4.78 is 41.2. The third kappa shape index (κ3) is 3.90. The van der Waals surface area contributed by atoms with Crippen LogP contribution < -0.4 is 0 Å². The average molecular weight is 246 g/mol. The smallest absolute Gasteiger partial charge is 0.180 e. The Kier molecular flexibility index (Phi) is 4.44. The van der Waals surface area contributed by atoms with Gasteiger partial charge in [-0.15, -0.1) is 0 Å². The van der Waals surface area contributed by atoms with Crippen LogP contribution in [0.4, 0.5) is 4.39 Å². The first kappa shape index (κ1) is 13.1. The fraction of sp³-hybridized carbons (Fsp3) is 0.455. The van der Waals surface area contributed by atoms with Crippen LogP contribution >= 0.6 is 0 Å². The van der Waals surface area contributed by atoms with Crippen LogP contribution in [0.15, 0.2) is 29.2 Å². The Morgan fingerprint density at radius 2 is 1.81 bits per heavy atom. The van der Waals surface area contributed by atoms with Crippen molar-refractivity contribution in [3.8, 4) is 0 Å². The van der Waals surface area contributed by atoms with Crippen molar-refractivity contribution in [1.29, 1.82) is 0 Å². The zero-order valence-electron chi connectivity index (χ0n) is 9.31. The molecule has 0 aromatic heterocycles. The molecule has 0 bridgehead atoms. The minimum Gasteiger partial charge on any atom is -0.378 e. The van der Waals surface area contributed by atoms with Gasteiger partial charge in [-0.25, -0.2) is 12.8 Å². The number of rotatable bonds is 5. The van der Waals surface area contributed by atoms with Crippen LogP contribution in [0.25, 0.3) is 0 Å². The van der Waals surface area contributed by atoms with Crippen LogP contribution in [0.5, 0.6) is 0 Å². The summed E-state index contributed by atoms with van der Waals surface area (Å²) in [5.74, 6) is -0.533. The maximum Gasteiger partial charge on any atom is 0.180 e. The zero-order chi connectivity index (χ0) is 12.2.